The molecule has 0 radical (unpaired) electrons. The number of allylic oxidation sites excluding steroid dienone is 3. The largest absolute Gasteiger partial charge is 0.504 e. The molecule has 0 aliphatic rings. The van der Waals surface area contributed by atoms with Crippen LogP contribution in [0.4, 0.5) is 0 Å². The zero-order valence-corrected chi connectivity index (χ0v) is 10.9. The number of benzene rings is 1. The molecule has 0 saturated carbocycles. The molecule has 2 rings (SSSR count). The summed E-state index contributed by atoms with van der Waals surface area (Å²) in [4.78, 5) is 15.4. The van der Waals surface area contributed by atoms with Gasteiger partial charge in [0.15, 0.2) is 11.5 Å². The minimum absolute atomic E-state index is 0.0930. The van der Waals surface area contributed by atoms with E-state index in [1.165, 1.54) is 24.1 Å². The molecule has 20 heavy (non-hydrogen) atoms. The maximum atomic E-state index is 11.6. The monoisotopic (exact) mass is 270 g/mol. The third kappa shape index (κ3) is 3.35. The summed E-state index contributed by atoms with van der Waals surface area (Å²) in [6.07, 6.45) is 11.2. The molecule has 0 spiro atoms. The molecule has 0 fully saturated rings. The van der Waals surface area contributed by atoms with Crippen molar-refractivity contribution in [3.63, 3.8) is 0 Å². The van der Waals surface area contributed by atoms with Crippen molar-refractivity contribution in [2.75, 3.05) is 7.11 Å². The summed E-state index contributed by atoms with van der Waals surface area (Å²) in [7, 11) is 1.49. The zero-order valence-electron chi connectivity index (χ0n) is 10.9. The second-order valence-corrected chi connectivity index (χ2v) is 3.96. The average Bonchev–Trinajstić information content (AvgIpc) is 2.99. The minimum Gasteiger partial charge on any atom is -0.504 e. The minimum atomic E-state index is -0.171. The maximum Gasteiger partial charge on any atom is 0.255 e. The fourth-order valence-corrected chi connectivity index (χ4v) is 1.58. The van der Waals surface area contributed by atoms with E-state index in [-0.39, 0.29) is 11.7 Å². The first-order valence-electron chi connectivity index (χ1n) is 5.95. The predicted molar refractivity (Wildman–Crippen MR) is 75.7 cm³/mol. The molecule has 1 N–H and O–H groups in total. The molecule has 5 heteroatoms. The number of imidazole rings is 1. The Morgan fingerprint density at radius 3 is 2.95 bits per heavy atom. The SMILES string of the molecule is COc1cc(/C=C/C=C/C(=O)n2ccnc2)ccc1O. The molecule has 0 aliphatic carbocycles. The number of hydrogen-bond donors (Lipinski definition) is 1. The molecule has 0 aliphatic heterocycles. The fraction of sp³-hybridized carbons (Fsp3) is 0.0667. The van der Waals surface area contributed by atoms with Crippen LogP contribution >= 0.6 is 0 Å². The third-order valence-corrected chi connectivity index (χ3v) is 2.60. The van der Waals surface area contributed by atoms with Crippen molar-refractivity contribution >= 4 is 12.0 Å². The maximum absolute atomic E-state index is 11.6. The molecule has 0 amide bonds. The number of rotatable bonds is 4. The molecular weight excluding hydrogens is 256 g/mol. The standard InChI is InChI=1S/C15H14N2O3/c1-20-14-10-12(6-7-13(14)18)4-2-3-5-15(19)17-9-8-16-11-17/h2-11,18H,1H3/b4-2+,5-3+. The van der Waals surface area contributed by atoms with Crippen LogP contribution < -0.4 is 4.74 Å². The smallest absolute Gasteiger partial charge is 0.255 e. The number of phenolic OH excluding ortho intramolecular Hbond substituents is 1. The van der Waals surface area contributed by atoms with Gasteiger partial charge in [0.25, 0.3) is 5.91 Å². The van der Waals surface area contributed by atoms with E-state index in [4.69, 9.17) is 4.74 Å². The van der Waals surface area contributed by atoms with Crippen LogP contribution in [0.3, 0.4) is 0 Å². The predicted octanol–water partition coefficient (Wildman–Crippen LogP) is 2.51. The summed E-state index contributed by atoms with van der Waals surface area (Å²) in [5.41, 5.74) is 0.861. The van der Waals surface area contributed by atoms with Crippen molar-refractivity contribution in [1.29, 1.82) is 0 Å². The van der Waals surface area contributed by atoms with Crippen LogP contribution in [0.1, 0.15) is 10.4 Å². The Balaban J connectivity index is 2.01. The van der Waals surface area contributed by atoms with Gasteiger partial charge in [-0.1, -0.05) is 24.3 Å². The number of aromatic hydroxyl groups is 1. The van der Waals surface area contributed by atoms with Gasteiger partial charge in [0.05, 0.1) is 7.11 Å². The number of methoxy groups -OCH3 is 1. The molecule has 1 aromatic carbocycles. The van der Waals surface area contributed by atoms with E-state index in [1.807, 2.05) is 0 Å². The molecule has 1 aromatic heterocycles. The first kappa shape index (κ1) is 13.6. The summed E-state index contributed by atoms with van der Waals surface area (Å²) in [6, 6.07) is 5.01. The summed E-state index contributed by atoms with van der Waals surface area (Å²) >= 11 is 0. The Hall–Kier alpha value is -2.82. The van der Waals surface area contributed by atoms with Crippen LogP contribution in [-0.4, -0.2) is 27.7 Å². The molecule has 0 saturated heterocycles. The highest BCUT2D eigenvalue weighted by Crippen LogP contribution is 2.26. The summed E-state index contributed by atoms with van der Waals surface area (Å²) < 4.78 is 6.40. The summed E-state index contributed by atoms with van der Waals surface area (Å²) in [5, 5.41) is 9.47. The number of aromatic nitrogens is 2. The van der Waals surface area contributed by atoms with Gasteiger partial charge in [0.1, 0.15) is 6.33 Å². The van der Waals surface area contributed by atoms with E-state index in [0.717, 1.165) is 5.56 Å². The first-order chi connectivity index (χ1) is 9.70. The van der Waals surface area contributed by atoms with Crippen LogP contribution in [0.2, 0.25) is 0 Å². The van der Waals surface area contributed by atoms with Crippen molar-refractivity contribution in [3.8, 4) is 11.5 Å². The molecule has 2 aromatic rings. The molecule has 5 nitrogen and oxygen atoms in total. The molecule has 0 bridgehead atoms. The lowest BCUT2D eigenvalue weighted by atomic mass is 10.2. The van der Waals surface area contributed by atoms with Crippen LogP contribution in [-0.2, 0) is 0 Å². The highest BCUT2D eigenvalue weighted by Gasteiger charge is 2.00. The van der Waals surface area contributed by atoms with Crippen LogP contribution in [0, 0.1) is 0 Å². The van der Waals surface area contributed by atoms with Crippen molar-refractivity contribution in [2.45, 2.75) is 0 Å². The van der Waals surface area contributed by atoms with Gasteiger partial charge in [-0.25, -0.2) is 4.98 Å². The molecule has 0 unspecified atom stereocenters. The van der Waals surface area contributed by atoms with Crippen molar-refractivity contribution < 1.29 is 14.6 Å². The van der Waals surface area contributed by atoms with E-state index in [9.17, 15) is 9.90 Å². The number of phenols is 1. The Labute approximate surface area is 116 Å². The lowest BCUT2D eigenvalue weighted by Crippen LogP contribution is -2.03. The van der Waals surface area contributed by atoms with Crippen LogP contribution in [0.25, 0.3) is 6.08 Å². The topological polar surface area (TPSA) is 64.4 Å². The van der Waals surface area contributed by atoms with Crippen molar-refractivity contribution in [1.82, 2.24) is 9.55 Å². The highest BCUT2D eigenvalue weighted by molar-refractivity contribution is 5.90. The molecule has 102 valence electrons. The Bertz CT molecular complexity index is 643. The number of carbonyl (C=O) groups is 1. The van der Waals surface area contributed by atoms with E-state index in [1.54, 1.807) is 48.8 Å². The summed E-state index contributed by atoms with van der Waals surface area (Å²) in [5.74, 6) is 0.330. The van der Waals surface area contributed by atoms with E-state index in [2.05, 4.69) is 4.98 Å². The van der Waals surface area contributed by atoms with Crippen LogP contribution in [0.15, 0.2) is 55.1 Å². The Morgan fingerprint density at radius 2 is 2.25 bits per heavy atom. The molecule has 0 atom stereocenters. The highest BCUT2D eigenvalue weighted by atomic mass is 16.5. The van der Waals surface area contributed by atoms with Crippen molar-refractivity contribution in [3.05, 3.63) is 60.7 Å². The van der Waals surface area contributed by atoms with E-state index >= 15 is 0 Å². The van der Waals surface area contributed by atoms with Gasteiger partial charge >= 0.3 is 0 Å². The van der Waals surface area contributed by atoms with Gasteiger partial charge < -0.3 is 9.84 Å². The van der Waals surface area contributed by atoms with Gasteiger partial charge in [-0.3, -0.25) is 9.36 Å². The number of nitrogens with zero attached hydrogens (tertiary/aromatic N) is 2. The van der Waals surface area contributed by atoms with E-state index in [0.29, 0.717) is 5.75 Å². The summed E-state index contributed by atoms with van der Waals surface area (Å²) in [6.45, 7) is 0. The molecule has 1 heterocycles. The zero-order chi connectivity index (χ0) is 14.4. The second kappa shape index (κ2) is 6.38. The van der Waals surface area contributed by atoms with Gasteiger partial charge in [-0.05, 0) is 17.7 Å². The first-order valence-corrected chi connectivity index (χ1v) is 5.95. The number of hydrogen-bond acceptors (Lipinski definition) is 4. The van der Waals surface area contributed by atoms with Gasteiger partial charge in [-0.2, -0.15) is 0 Å². The van der Waals surface area contributed by atoms with Crippen molar-refractivity contribution in [2.24, 2.45) is 0 Å². The Morgan fingerprint density at radius 1 is 1.40 bits per heavy atom. The Kier molecular flexibility index (Phi) is 4.34. The molecular formula is C15H14N2O3. The fourth-order valence-electron chi connectivity index (χ4n) is 1.58. The second-order valence-electron chi connectivity index (χ2n) is 3.96. The van der Waals surface area contributed by atoms with Gasteiger partial charge in [0, 0.05) is 18.5 Å². The number of ether oxygens (including phenoxy) is 1. The third-order valence-electron chi connectivity index (χ3n) is 2.60. The number of carbonyl (C=O) groups excluding carboxylic acids is 1. The quantitative estimate of drug-likeness (QED) is 0.685. The normalized spacial score (nSPS) is 11.2. The van der Waals surface area contributed by atoms with Crippen LogP contribution in [0.5, 0.6) is 11.5 Å². The average molecular weight is 270 g/mol. The van der Waals surface area contributed by atoms with Gasteiger partial charge in [-0.15, -0.1) is 0 Å². The van der Waals surface area contributed by atoms with E-state index < -0.39 is 0 Å². The van der Waals surface area contributed by atoms with Gasteiger partial charge in [0.2, 0.25) is 0 Å². The lowest BCUT2D eigenvalue weighted by molar-refractivity contribution is 0.0968. The lowest BCUT2D eigenvalue weighted by Gasteiger charge is -2.03.